The largest absolute Gasteiger partial charge is 0.466 e. The fraction of sp³-hybridized carbons (Fsp3) is 0.227. The zero-order chi connectivity index (χ0) is 21.8. The van der Waals surface area contributed by atoms with Gasteiger partial charge in [-0.1, -0.05) is 6.07 Å². The molecule has 0 bridgehead atoms. The van der Waals surface area contributed by atoms with E-state index >= 15 is 0 Å². The van der Waals surface area contributed by atoms with Crippen molar-refractivity contribution in [2.75, 3.05) is 31.1 Å². The van der Waals surface area contributed by atoms with Gasteiger partial charge in [0.2, 0.25) is 10.0 Å². The lowest BCUT2D eigenvalue weighted by Crippen LogP contribution is -2.48. The number of piperazine rings is 1. The zero-order valence-corrected chi connectivity index (χ0v) is 17.4. The molecule has 0 spiro atoms. The molecule has 1 aromatic heterocycles. The van der Waals surface area contributed by atoms with Crippen LogP contribution in [0.1, 0.15) is 16.1 Å². The van der Waals surface area contributed by atoms with Crippen LogP contribution in [0.15, 0.2) is 76.2 Å². The number of anilines is 1. The predicted octanol–water partition coefficient (Wildman–Crippen LogP) is 3.29. The van der Waals surface area contributed by atoms with Crippen LogP contribution in [0.4, 0.5) is 10.1 Å². The van der Waals surface area contributed by atoms with Crippen LogP contribution >= 0.6 is 0 Å². The third-order valence-corrected chi connectivity index (χ3v) is 6.96. The van der Waals surface area contributed by atoms with Crippen molar-refractivity contribution in [3.05, 3.63) is 84.1 Å². The molecular formula is C22H21FN2O5S. The topological polar surface area (TPSA) is 80.1 Å². The highest BCUT2D eigenvalue weighted by Crippen LogP contribution is 2.22. The van der Waals surface area contributed by atoms with Crippen molar-refractivity contribution in [3.8, 4) is 0 Å². The summed E-state index contributed by atoms with van der Waals surface area (Å²) in [5.74, 6) is -0.446. The van der Waals surface area contributed by atoms with Gasteiger partial charge in [0.05, 0.1) is 16.7 Å². The lowest BCUT2D eigenvalue weighted by atomic mass is 10.2. The number of sulfonamides is 1. The summed E-state index contributed by atoms with van der Waals surface area (Å²) < 4.78 is 51.0. The molecule has 162 valence electrons. The Hall–Kier alpha value is -3.17. The number of hydrogen-bond acceptors (Lipinski definition) is 6. The second kappa shape index (κ2) is 8.91. The SMILES string of the molecule is O=C(OCc1ccco1)c1cccc(S(=O)(=O)N2CCN(c3ccc(F)cc3)CC2)c1. The first kappa shape index (κ1) is 21.1. The van der Waals surface area contributed by atoms with Gasteiger partial charge in [-0.2, -0.15) is 4.31 Å². The molecule has 1 aliphatic rings. The van der Waals surface area contributed by atoms with Crippen molar-refractivity contribution in [2.24, 2.45) is 0 Å². The summed E-state index contributed by atoms with van der Waals surface area (Å²) in [6.07, 6.45) is 1.48. The molecular weight excluding hydrogens is 423 g/mol. The summed E-state index contributed by atoms with van der Waals surface area (Å²) in [5.41, 5.74) is 0.998. The lowest BCUT2D eigenvalue weighted by Gasteiger charge is -2.35. The molecule has 4 rings (SSSR count). The number of halogens is 1. The van der Waals surface area contributed by atoms with E-state index in [0.717, 1.165) is 5.69 Å². The molecule has 0 radical (unpaired) electrons. The van der Waals surface area contributed by atoms with Gasteiger partial charge in [-0.25, -0.2) is 17.6 Å². The van der Waals surface area contributed by atoms with E-state index in [1.165, 1.54) is 47.0 Å². The maximum absolute atomic E-state index is 13.1. The first-order valence-corrected chi connectivity index (χ1v) is 11.2. The van der Waals surface area contributed by atoms with Crippen LogP contribution in [0.2, 0.25) is 0 Å². The number of hydrogen-bond donors (Lipinski definition) is 0. The van der Waals surface area contributed by atoms with Crippen LogP contribution < -0.4 is 4.90 Å². The standard InChI is InChI=1S/C22H21FN2O5S/c23-18-6-8-19(9-7-18)24-10-12-25(13-11-24)31(27,28)21-5-1-3-17(15-21)22(26)30-16-20-4-2-14-29-20/h1-9,14-15H,10-13,16H2. The third-order valence-electron chi connectivity index (χ3n) is 5.06. The van der Waals surface area contributed by atoms with Crippen molar-refractivity contribution < 1.29 is 26.8 Å². The van der Waals surface area contributed by atoms with Crippen LogP contribution in [0, 0.1) is 5.82 Å². The number of nitrogens with zero attached hydrogens (tertiary/aromatic N) is 2. The summed E-state index contributed by atoms with van der Waals surface area (Å²) in [6.45, 7) is 1.50. The first-order chi connectivity index (χ1) is 14.9. The van der Waals surface area contributed by atoms with Crippen LogP contribution in [0.3, 0.4) is 0 Å². The van der Waals surface area contributed by atoms with Gasteiger partial charge < -0.3 is 14.1 Å². The van der Waals surface area contributed by atoms with E-state index in [9.17, 15) is 17.6 Å². The van der Waals surface area contributed by atoms with Gasteiger partial charge in [0.1, 0.15) is 18.2 Å². The third kappa shape index (κ3) is 4.78. The summed E-state index contributed by atoms with van der Waals surface area (Å²) in [7, 11) is -3.77. The minimum Gasteiger partial charge on any atom is -0.466 e. The van der Waals surface area contributed by atoms with Gasteiger partial charge in [0, 0.05) is 31.9 Å². The Balaban J connectivity index is 1.42. The molecule has 0 unspecified atom stereocenters. The number of ether oxygens (including phenoxy) is 1. The highest BCUT2D eigenvalue weighted by Gasteiger charge is 2.29. The van der Waals surface area contributed by atoms with E-state index < -0.39 is 16.0 Å². The van der Waals surface area contributed by atoms with Gasteiger partial charge in [-0.3, -0.25) is 0 Å². The Morgan fingerprint density at radius 2 is 1.74 bits per heavy atom. The van der Waals surface area contributed by atoms with E-state index in [1.54, 1.807) is 24.3 Å². The summed E-state index contributed by atoms with van der Waals surface area (Å²) >= 11 is 0. The first-order valence-electron chi connectivity index (χ1n) is 9.74. The highest BCUT2D eigenvalue weighted by atomic mass is 32.2. The second-order valence-corrected chi connectivity index (χ2v) is 8.99. The molecule has 31 heavy (non-hydrogen) atoms. The van der Waals surface area contributed by atoms with E-state index in [2.05, 4.69) is 0 Å². The van der Waals surface area contributed by atoms with Crippen molar-refractivity contribution in [1.29, 1.82) is 0 Å². The molecule has 0 N–H and O–H groups in total. The number of carbonyl (C=O) groups excluding carboxylic acids is 1. The summed E-state index contributed by atoms with van der Waals surface area (Å²) in [6, 6.07) is 15.3. The Labute approximate surface area is 179 Å². The molecule has 1 fully saturated rings. The zero-order valence-electron chi connectivity index (χ0n) is 16.6. The van der Waals surface area contributed by atoms with E-state index in [0.29, 0.717) is 18.8 Å². The summed E-state index contributed by atoms with van der Waals surface area (Å²) in [4.78, 5) is 14.4. The Kier molecular flexibility index (Phi) is 6.06. The molecule has 2 heterocycles. The molecule has 9 heteroatoms. The van der Waals surface area contributed by atoms with Crippen molar-refractivity contribution >= 4 is 21.7 Å². The quantitative estimate of drug-likeness (QED) is 0.543. The molecule has 0 amide bonds. The molecule has 0 atom stereocenters. The monoisotopic (exact) mass is 444 g/mol. The molecule has 3 aromatic rings. The Morgan fingerprint density at radius 1 is 1.00 bits per heavy atom. The van der Waals surface area contributed by atoms with Gasteiger partial charge in [0.25, 0.3) is 0 Å². The number of carbonyl (C=O) groups is 1. The molecule has 1 aliphatic heterocycles. The predicted molar refractivity (Wildman–Crippen MR) is 112 cm³/mol. The molecule has 2 aromatic carbocycles. The van der Waals surface area contributed by atoms with Gasteiger partial charge >= 0.3 is 5.97 Å². The minimum atomic E-state index is -3.77. The van der Waals surface area contributed by atoms with Crippen LogP contribution in [0.25, 0.3) is 0 Å². The maximum atomic E-state index is 13.1. The smallest absolute Gasteiger partial charge is 0.338 e. The fourth-order valence-electron chi connectivity index (χ4n) is 3.39. The number of esters is 1. The average molecular weight is 444 g/mol. The lowest BCUT2D eigenvalue weighted by molar-refractivity contribution is 0.0445. The molecule has 0 saturated carbocycles. The highest BCUT2D eigenvalue weighted by molar-refractivity contribution is 7.89. The second-order valence-electron chi connectivity index (χ2n) is 7.05. The number of furan rings is 1. The van der Waals surface area contributed by atoms with Gasteiger partial charge in [-0.05, 0) is 54.6 Å². The Morgan fingerprint density at radius 3 is 2.42 bits per heavy atom. The van der Waals surface area contributed by atoms with Crippen molar-refractivity contribution in [3.63, 3.8) is 0 Å². The molecule has 1 saturated heterocycles. The number of rotatable bonds is 6. The maximum Gasteiger partial charge on any atom is 0.338 e. The molecule has 7 nitrogen and oxygen atoms in total. The van der Waals surface area contributed by atoms with Gasteiger partial charge in [0.15, 0.2) is 0 Å². The van der Waals surface area contributed by atoms with Gasteiger partial charge in [-0.15, -0.1) is 0 Å². The average Bonchev–Trinajstić information content (AvgIpc) is 3.32. The Bertz CT molecular complexity index is 1140. The fourth-order valence-corrected chi connectivity index (χ4v) is 4.85. The summed E-state index contributed by atoms with van der Waals surface area (Å²) in [5, 5.41) is 0. The van der Waals surface area contributed by atoms with E-state index in [-0.39, 0.29) is 36.0 Å². The normalized spacial score (nSPS) is 15.1. The van der Waals surface area contributed by atoms with E-state index in [4.69, 9.17) is 9.15 Å². The van der Waals surface area contributed by atoms with Crippen molar-refractivity contribution in [1.82, 2.24) is 4.31 Å². The van der Waals surface area contributed by atoms with Crippen LogP contribution in [-0.2, 0) is 21.4 Å². The minimum absolute atomic E-state index is 0.0336. The van der Waals surface area contributed by atoms with E-state index in [1.807, 2.05) is 4.90 Å². The number of benzene rings is 2. The van der Waals surface area contributed by atoms with Crippen molar-refractivity contribution in [2.45, 2.75) is 11.5 Å². The molecule has 0 aliphatic carbocycles. The van der Waals surface area contributed by atoms with Crippen LogP contribution in [-0.4, -0.2) is 44.9 Å². The van der Waals surface area contributed by atoms with Crippen LogP contribution in [0.5, 0.6) is 0 Å².